The van der Waals surface area contributed by atoms with Crippen LogP contribution in [0, 0.1) is 0 Å². The molecule has 3 N–H and O–H groups in total. The summed E-state index contributed by atoms with van der Waals surface area (Å²) in [4.78, 5) is 26.5. The van der Waals surface area contributed by atoms with Crippen molar-refractivity contribution >= 4 is 17.5 Å². The van der Waals surface area contributed by atoms with Crippen LogP contribution in [0.2, 0.25) is 0 Å². The van der Waals surface area contributed by atoms with Gasteiger partial charge < -0.3 is 30.1 Å². The van der Waals surface area contributed by atoms with Gasteiger partial charge in [-0.1, -0.05) is 30.3 Å². The van der Waals surface area contributed by atoms with Crippen LogP contribution >= 0.6 is 0 Å². The van der Waals surface area contributed by atoms with Gasteiger partial charge in [0.15, 0.2) is 0 Å². The maximum Gasteiger partial charge on any atom is 0.238 e. The van der Waals surface area contributed by atoms with Gasteiger partial charge in [-0.15, -0.1) is 0 Å². The van der Waals surface area contributed by atoms with Gasteiger partial charge in [-0.3, -0.25) is 9.59 Å². The van der Waals surface area contributed by atoms with Crippen molar-refractivity contribution in [3.8, 4) is 5.75 Å². The van der Waals surface area contributed by atoms with Gasteiger partial charge in [-0.2, -0.15) is 0 Å². The van der Waals surface area contributed by atoms with Crippen molar-refractivity contribution in [1.29, 1.82) is 0 Å². The molecule has 2 amide bonds. The lowest BCUT2D eigenvalue weighted by Crippen LogP contribution is -2.47. The van der Waals surface area contributed by atoms with E-state index in [2.05, 4.69) is 10.6 Å². The van der Waals surface area contributed by atoms with E-state index in [-0.39, 0.29) is 43.0 Å². The Morgan fingerprint density at radius 1 is 1.12 bits per heavy atom. The van der Waals surface area contributed by atoms with E-state index < -0.39 is 6.10 Å². The number of carbonyl (C=O) groups excluding carboxylic acids is 2. The highest BCUT2D eigenvalue weighted by molar-refractivity contribution is 5.92. The highest BCUT2D eigenvalue weighted by Gasteiger charge is 2.46. The van der Waals surface area contributed by atoms with Gasteiger partial charge in [0.25, 0.3) is 0 Å². The van der Waals surface area contributed by atoms with Crippen molar-refractivity contribution in [3.63, 3.8) is 0 Å². The normalized spacial score (nSPS) is 23.4. The second kappa shape index (κ2) is 10.3. The van der Waals surface area contributed by atoms with Gasteiger partial charge in [0, 0.05) is 23.7 Å². The SMILES string of the molecule is CN(C)CC(=O)Nc1ccc2c(c1)[C@@H]1C[C@H](CC(=O)NCc3ccccc3)O[C@H](CO)[C@@H]1O2. The monoisotopic (exact) mass is 453 g/mol. The second-order valence-corrected chi connectivity index (χ2v) is 8.91. The summed E-state index contributed by atoms with van der Waals surface area (Å²) in [5.41, 5.74) is 2.71. The number of nitrogens with zero attached hydrogens (tertiary/aromatic N) is 1. The summed E-state index contributed by atoms with van der Waals surface area (Å²) >= 11 is 0. The van der Waals surface area contributed by atoms with Crippen molar-refractivity contribution in [2.24, 2.45) is 0 Å². The smallest absolute Gasteiger partial charge is 0.238 e. The molecule has 2 aliphatic heterocycles. The van der Waals surface area contributed by atoms with Gasteiger partial charge in [0.1, 0.15) is 18.0 Å². The maximum absolute atomic E-state index is 12.5. The number of hydrogen-bond donors (Lipinski definition) is 3. The summed E-state index contributed by atoms with van der Waals surface area (Å²) in [6.07, 6.45) is -0.361. The lowest BCUT2D eigenvalue weighted by atomic mass is 9.84. The molecule has 0 aliphatic carbocycles. The van der Waals surface area contributed by atoms with E-state index in [1.54, 1.807) is 4.90 Å². The minimum atomic E-state index is -0.519. The topological polar surface area (TPSA) is 100 Å². The first kappa shape index (κ1) is 23.2. The van der Waals surface area contributed by atoms with Crippen molar-refractivity contribution in [2.45, 2.75) is 43.6 Å². The Kier molecular flexibility index (Phi) is 7.27. The molecule has 0 aromatic heterocycles. The van der Waals surface area contributed by atoms with Crippen LogP contribution in [-0.2, 0) is 20.9 Å². The molecule has 2 aromatic carbocycles. The fourth-order valence-corrected chi connectivity index (χ4v) is 4.53. The second-order valence-electron chi connectivity index (χ2n) is 8.91. The summed E-state index contributed by atoms with van der Waals surface area (Å²) in [6, 6.07) is 15.3. The molecule has 2 aliphatic rings. The zero-order chi connectivity index (χ0) is 23.4. The first-order valence-corrected chi connectivity index (χ1v) is 11.2. The zero-order valence-corrected chi connectivity index (χ0v) is 19.0. The number of aliphatic hydroxyl groups excluding tert-OH is 1. The van der Waals surface area contributed by atoms with Crippen LogP contribution in [0.4, 0.5) is 5.69 Å². The fourth-order valence-electron chi connectivity index (χ4n) is 4.53. The number of nitrogens with one attached hydrogen (secondary N) is 2. The molecule has 0 unspecified atom stereocenters. The molecule has 0 bridgehead atoms. The standard InChI is InChI=1S/C25H31N3O5/c1-28(2)14-24(31)27-17-8-9-21-19(10-17)20-11-18(32-22(15-29)25(20)33-21)12-23(30)26-13-16-6-4-3-5-7-16/h3-10,18,20,22,25,29H,11-15H2,1-2H3,(H,26,30)(H,27,31)/t18-,20+,22-,25-/m1/s1. The van der Waals surface area contributed by atoms with Crippen LogP contribution in [0.15, 0.2) is 48.5 Å². The molecular weight excluding hydrogens is 422 g/mol. The van der Waals surface area contributed by atoms with E-state index in [1.165, 1.54) is 0 Å². The average Bonchev–Trinajstić information content (AvgIpc) is 3.15. The Balaban J connectivity index is 1.42. The van der Waals surface area contributed by atoms with E-state index >= 15 is 0 Å². The minimum absolute atomic E-state index is 0.0245. The highest BCUT2D eigenvalue weighted by atomic mass is 16.6. The number of amides is 2. The summed E-state index contributed by atoms with van der Waals surface area (Å²) in [5.74, 6) is 0.516. The lowest BCUT2D eigenvalue weighted by Gasteiger charge is -2.37. The van der Waals surface area contributed by atoms with Gasteiger partial charge in [-0.25, -0.2) is 0 Å². The Bertz CT molecular complexity index is 981. The predicted octanol–water partition coefficient (Wildman–Crippen LogP) is 1.89. The number of ether oxygens (including phenoxy) is 2. The summed E-state index contributed by atoms with van der Waals surface area (Å²) in [5, 5.41) is 15.8. The Morgan fingerprint density at radius 2 is 1.91 bits per heavy atom. The molecule has 2 aromatic rings. The third kappa shape index (κ3) is 5.71. The molecule has 4 atom stereocenters. The van der Waals surface area contributed by atoms with E-state index in [0.717, 1.165) is 16.9 Å². The molecule has 8 nitrogen and oxygen atoms in total. The third-order valence-corrected chi connectivity index (χ3v) is 5.99. The van der Waals surface area contributed by atoms with E-state index in [0.29, 0.717) is 25.2 Å². The zero-order valence-electron chi connectivity index (χ0n) is 19.0. The molecular formula is C25H31N3O5. The van der Waals surface area contributed by atoms with Crippen molar-refractivity contribution in [1.82, 2.24) is 10.2 Å². The van der Waals surface area contributed by atoms with Gasteiger partial charge >= 0.3 is 0 Å². The Hall–Kier alpha value is -2.94. The van der Waals surface area contributed by atoms with Crippen LogP contribution < -0.4 is 15.4 Å². The maximum atomic E-state index is 12.5. The van der Waals surface area contributed by atoms with Crippen LogP contribution in [0.1, 0.15) is 29.9 Å². The Labute approximate surface area is 193 Å². The van der Waals surface area contributed by atoms with Crippen molar-refractivity contribution in [2.75, 3.05) is 32.6 Å². The molecule has 176 valence electrons. The van der Waals surface area contributed by atoms with E-state index in [9.17, 15) is 14.7 Å². The van der Waals surface area contributed by atoms with Crippen LogP contribution in [0.5, 0.6) is 5.75 Å². The number of aliphatic hydroxyl groups is 1. The summed E-state index contributed by atoms with van der Waals surface area (Å²) in [7, 11) is 3.68. The number of hydrogen-bond acceptors (Lipinski definition) is 6. The number of likely N-dealkylation sites (N-methyl/N-ethyl adjacent to an activating group) is 1. The molecule has 0 spiro atoms. The average molecular weight is 454 g/mol. The molecule has 33 heavy (non-hydrogen) atoms. The Morgan fingerprint density at radius 3 is 2.64 bits per heavy atom. The molecule has 4 rings (SSSR count). The van der Waals surface area contributed by atoms with Crippen LogP contribution in [-0.4, -0.2) is 67.4 Å². The first-order valence-electron chi connectivity index (χ1n) is 11.2. The van der Waals surface area contributed by atoms with E-state index in [4.69, 9.17) is 9.47 Å². The molecule has 1 fully saturated rings. The van der Waals surface area contributed by atoms with Gasteiger partial charge in [0.05, 0.1) is 25.7 Å². The number of rotatable bonds is 8. The molecule has 0 saturated carbocycles. The summed E-state index contributed by atoms with van der Waals surface area (Å²) < 4.78 is 12.1. The number of anilines is 1. The predicted molar refractivity (Wildman–Crippen MR) is 124 cm³/mol. The molecule has 1 saturated heterocycles. The van der Waals surface area contributed by atoms with Crippen molar-refractivity contribution in [3.05, 3.63) is 59.7 Å². The van der Waals surface area contributed by atoms with Gasteiger partial charge in [-0.05, 0) is 44.3 Å². The number of fused-ring (bicyclic) bond motifs is 3. The van der Waals surface area contributed by atoms with Crippen LogP contribution in [0.3, 0.4) is 0 Å². The molecule has 8 heteroatoms. The van der Waals surface area contributed by atoms with E-state index in [1.807, 2.05) is 62.6 Å². The first-order chi connectivity index (χ1) is 15.9. The molecule has 0 radical (unpaired) electrons. The minimum Gasteiger partial charge on any atom is -0.487 e. The number of benzene rings is 2. The lowest BCUT2D eigenvalue weighted by molar-refractivity contribution is -0.142. The largest absolute Gasteiger partial charge is 0.487 e. The van der Waals surface area contributed by atoms with Crippen LogP contribution in [0.25, 0.3) is 0 Å². The molecule has 2 heterocycles. The van der Waals surface area contributed by atoms with Crippen molar-refractivity contribution < 1.29 is 24.2 Å². The summed E-state index contributed by atoms with van der Waals surface area (Å²) in [6.45, 7) is 0.563. The quantitative estimate of drug-likeness (QED) is 0.565. The fraction of sp³-hybridized carbons (Fsp3) is 0.440. The number of carbonyl (C=O) groups is 2. The highest BCUT2D eigenvalue weighted by Crippen LogP contribution is 2.47. The third-order valence-electron chi connectivity index (χ3n) is 5.99. The van der Waals surface area contributed by atoms with Gasteiger partial charge in [0.2, 0.25) is 11.8 Å².